The van der Waals surface area contributed by atoms with Crippen LogP contribution in [0.4, 0.5) is 5.69 Å². The first kappa shape index (κ1) is 24.3. The van der Waals surface area contributed by atoms with Crippen LogP contribution in [0.5, 0.6) is 5.75 Å². The van der Waals surface area contributed by atoms with Crippen molar-refractivity contribution in [2.45, 2.75) is 50.7 Å². The molecule has 0 aliphatic carbocycles. The van der Waals surface area contributed by atoms with Crippen molar-refractivity contribution in [1.29, 1.82) is 0 Å². The van der Waals surface area contributed by atoms with Crippen molar-refractivity contribution in [2.24, 2.45) is 0 Å². The lowest BCUT2D eigenvalue weighted by atomic mass is 9.98. The third-order valence-corrected chi connectivity index (χ3v) is 7.88. The molecule has 2 aromatic rings. The number of rotatable bonds is 8. The molecule has 8 heteroatoms. The van der Waals surface area contributed by atoms with Crippen LogP contribution in [-0.2, 0) is 9.59 Å². The van der Waals surface area contributed by atoms with Crippen LogP contribution in [0, 0.1) is 0 Å². The summed E-state index contributed by atoms with van der Waals surface area (Å²) in [6, 6.07) is 15.4. The molecule has 0 aromatic heterocycles. The fraction of sp³-hybridized carbons (Fsp3) is 0.464. The van der Waals surface area contributed by atoms with Crippen LogP contribution in [0.15, 0.2) is 48.5 Å². The minimum absolute atomic E-state index is 0.0137. The zero-order valence-corrected chi connectivity index (χ0v) is 21.0. The molecule has 36 heavy (non-hydrogen) atoms. The summed E-state index contributed by atoms with van der Waals surface area (Å²) in [5.41, 5.74) is 1.58. The van der Waals surface area contributed by atoms with Crippen molar-refractivity contribution in [1.82, 2.24) is 15.1 Å². The summed E-state index contributed by atoms with van der Waals surface area (Å²) in [6.07, 6.45) is 3.45. The molecule has 1 N–H and O–H groups in total. The van der Waals surface area contributed by atoms with Gasteiger partial charge in [-0.3, -0.25) is 24.2 Å². The van der Waals surface area contributed by atoms with E-state index in [1.807, 2.05) is 37.3 Å². The molecule has 190 valence electrons. The van der Waals surface area contributed by atoms with Crippen LogP contribution in [-0.4, -0.2) is 66.5 Å². The number of carbonyl (C=O) groups is 3. The molecule has 3 aliphatic heterocycles. The van der Waals surface area contributed by atoms with Gasteiger partial charge in [0, 0.05) is 25.9 Å². The van der Waals surface area contributed by atoms with E-state index >= 15 is 0 Å². The van der Waals surface area contributed by atoms with Gasteiger partial charge in [0.2, 0.25) is 11.8 Å². The van der Waals surface area contributed by atoms with Crippen molar-refractivity contribution in [3.63, 3.8) is 0 Å². The number of benzene rings is 2. The number of nitrogens with one attached hydrogen (secondary N) is 1. The molecule has 2 atom stereocenters. The van der Waals surface area contributed by atoms with Crippen molar-refractivity contribution >= 4 is 23.4 Å². The van der Waals surface area contributed by atoms with Gasteiger partial charge in [0.05, 0.1) is 24.4 Å². The predicted octanol–water partition coefficient (Wildman–Crippen LogP) is 3.34. The average Bonchev–Trinajstić information content (AvgIpc) is 3.53. The van der Waals surface area contributed by atoms with E-state index in [-0.39, 0.29) is 36.7 Å². The molecule has 0 saturated carbocycles. The molecule has 3 heterocycles. The first-order chi connectivity index (χ1) is 17.4. The summed E-state index contributed by atoms with van der Waals surface area (Å²) >= 11 is 0. The van der Waals surface area contributed by atoms with Gasteiger partial charge >= 0.3 is 0 Å². The van der Waals surface area contributed by atoms with Gasteiger partial charge in [-0.25, -0.2) is 0 Å². The highest BCUT2D eigenvalue weighted by atomic mass is 16.5. The van der Waals surface area contributed by atoms with E-state index in [4.69, 9.17) is 4.74 Å². The number of hydrogen-bond acceptors (Lipinski definition) is 5. The second-order valence-electron chi connectivity index (χ2n) is 10.0. The van der Waals surface area contributed by atoms with Crippen molar-refractivity contribution in [3.8, 4) is 5.75 Å². The Hall–Kier alpha value is -3.39. The predicted molar refractivity (Wildman–Crippen MR) is 137 cm³/mol. The van der Waals surface area contributed by atoms with E-state index in [0.717, 1.165) is 37.2 Å². The normalized spacial score (nSPS) is 22.4. The number of anilines is 1. The molecular formula is C28H34N4O4. The van der Waals surface area contributed by atoms with Gasteiger partial charge in [-0.15, -0.1) is 0 Å². The highest BCUT2D eigenvalue weighted by Crippen LogP contribution is 2.44. The molecule has 3 amide bonds. The second kappa shape index (κ2) is 9.93. The molecule has 5 rings (SSSR count). The molecule has 0 spiro atoms. The summed E-state index contributed by atoms with van der Waals surface area (Å²) in [4.78, 5) is 45.0. The van der Waals surface area contributed by atoms with Gasteiger partial charge in [-0.1, -0.05) is 24.3 Å². The molecule has 8 nitrogen and oxygen atoms in total. The zero-order valence-electron chi connectivity index (χ0n) is 21.0. The van der Waals surface area contributed by atoms with Crippen LogP contribution in [0.3, 0.4) is 0 Å². The average molecular weight is 491 g/mol. The number of carbonyl (C=O) groups excluding carboxylic acids is 3. The molecule has 0 bridgehead atoms. The fourth-order valence-electron chi connectivity index (χ4n) is 5.89. The number of nitrogens with zero attached hydrogens (tertiary/aromatic N) is 3. The van der Waals surface area contributed by atoms with Crippen molar-refractivity contribution in [2.75, 3.05) is 38.2 Å². The van der Waals surface area contributed by atoms with Crippen LogP contribution < -0.4 is 15.0 Å². The van der Waals surface area contributed by atoms with Gasteiger partial charge in [-0.2, -0.15) is 0 Å². The number of fused-ring (bicyclic) bond motifs is 3. The van der Waals surface area contributed by atoms with E-state index < -0.39 is 5.66 Å². The molecule has 2 unspecified atom stereocenters. The molecule has 0 radical (unpaired) electrons. The van der Waals surface area contributed by atoms with Gasteiger partial charge in [-0.05, 0) is 69.1 Å². The lowest BCUT2D eigenvalue weighted by Crippen LogP contribution is -2.62. The van der Waals surface area contributed by atoms with Crippen LogP contribution >= 0.6 is 0 Å². The SMILES string of the molecule is COc1ccc(C(CNC(=O)CCN2C(=O)c3ccccc3N3C(=O)CCC23C)N2CCCC2)cc1. The number of methoxy groups -OCH3 is 1. The maximum absolute atomic E-state index is 13.4. The largest absolute Gasteiger partial charge is 0.497 e. The first-order valence-corrected chi connectivity index (χ1v) is 12.8. The summed E-state index contributed by atoms with van der Waals surface area (Å²) in [6.45, 7) is 4.71. The van der Waals surface area contributed by atoms with Crippen LogP contribution in [0.25, 0.3) is 0 Å². The van der Waals surface area contributed by atoms with Gasteiger partial charge in [0.15, 0.2) is 0 Å². The van der Waals surface area contributed by atoms with E-state index in [1.165, 1.54) is 0 Å². The Morgan fingerprint density at radius 1 is 1.08 bits per heavy atom. The van der Waals surface area contributed by atoms with Crippen molar-refractivity contribution < 1.29 is 19.1 Å². The first-order valence-electron chi connectivity index (χ1n) is 12.8. The summed E-state index contributed by atoms with van der Waals surface area (Å²) in [5, 5.41) is 3.11. The maximum Gasteiger partial charge on any atom is 0.257 e. The maximum atomic E-state index is 13.4. The highest BCUT2D eigenvalue weighted by Gasteiger charge is 2.52. The summed E-state index contributed by atoms with van der Waals surface area (Å²) in [5.74, 6) is 0.599. The molecular weight excluding hydrogens is 456 g/mol. The minimum Gasteiger partial charge on any atom is -0.497 e. The van der Waals surface area contributed by atoms with Gasteiger partial charge < -0.3 is 15.0 Å². The third-order valence-electron chi connectivity index (χ3n) is 7.88. The van der Waals surface area contributed by atoms with Gasteiger partial charge in [0.1, 0.15) is 11.4 Å². The topological polar surface area (TPSA) is 82.2 Å². The Bertz CT molecular complexity index is 1140. The number of amides is 3. The number of para-hydroxylation sites is 1. The molecule has 2 saturated heterocycles. The number of likely N-dealkylation sites (tertiary alicyclic amines) is 1. The Kier molecular flexibility index (Phi) is 6.71. The Morgan fingerprint density at radius 3 is 2.53 bits per heavy atom. The number of ether oxygens (including phenoxy) is 1. The zero-order chi connectivity index (χ0) is 25.3. The molecule has 2 fully saturated rings. The molecule has 3 aliphatic rings. The minimum atomic E-state index is -0.746. The highest BCUT2D eigenvalue weighted by molar-refractivity contribution is 6.10. The Morgan fingerprint density at radius 2 is 1.81 bits per heavy atom. The lowest BCUT2D eigenvalue weighted by Gasteiger charge is -2.48. The smallest absolute Gasteiger partial charge is 0.257 e. The van der Waals surface area contributed by atoms with E-state index in [2.05, 4.69) is 22.3 Å². The van der Waals surface area contributed by atoms with Crippen LogP contribution in [0.2, 0.25) is 0 Å². The van der Waals surface area contributed by atoms with Crippen LogP contribution in [0.1, 0.15) is 61.0 Å². The lowest BCUT2D eigenvalue weighted by molar-refractivity contribution is -0.121. The second-order valence-corrected chi connectivity index (χ2v) is 10.0. The third kappa shape index (κ3) is 4.34. The van der Waals surface area contributed by atoms with E-state index in [9.17, 15) is 14.4 Å². The monoisotopic (exact) mass is 490 g/mol. The quantitative estimate of drug-likeness (QED) is 0.614. The number of hydrogen-bond donors (Lipinski definition) is 1. The fourth-order valence-corrected chi connectivity index (χ4v) is 5.89. The van der Waals surface area contributed by atoms with Crippen molar-refractivity contribution in [3.05, 3.63) is 59.7 Å². The van der Waals surface area contributed by atoms with E-state index in [0.29, 0.717) is 30.6 Å². The Balaban J connectivity index is 1.26. The Labute approximate surface area is 212 Å². The summed E-state index contributed by atoms with van der Waals surface area (Å²) < 4.78 is 5.30. The summed E-state index contributed by atoms with van der Waals surface area (Å²) in [7, 11) is 1.65. The molecule has 2 aromatic carbocycles. The standard InChI is InChI=1S/C28H34N4O4/c1-28-15-13-26(34)32(28)23-8-4-3-7-22(23)27(35)31(28)18-14-25(33)29-19-24(30-16-5-6-17-30)20-9-11-21(36-2)12-10-20/h3-4,7-12,24H,5-6,13-19H2,1-2H3,(H,29,33). The van der Waals surface area contributed by atoms with Gasteiger partial charge in [0.25, 0.3) is 5.91 Å². The van der Waals surface area contributed by atoms with E-state index in [1.54, 1.807) is 23.0 Å².